The van der Waals surface area contributed by atoms with E-state index in [9.17, 15) is 76.9 Å². The number of para-hydroxylation sites is 3. The summed E-state index contributed by atoms with van der Waals surface area (Å²) in [7, 11) is 0. The van der Waals surface area contributed by atoms with Gasteiger partial charge < -0.3 is 14.2 Å². The number of benzene rings is 14. The molecule has 0 bridgehead atoms. The van der Waals surface area contributed by atoms with E-state index >= 15 is 0 Å². The van der Waals surface area contributed by atoms with Gasteiger partial charge in [0.15, 0.2) is 6.29 Å². The number of halogens is 6. The second-order valence-electron chi connectivity index (χ2n) is 35.8. The van der Waals surface area contributed by atoms with Gasteiger partial charge in [0.2, 0.25) is 0 Å². The van der Waals surface area contributed by atoms with Crippen LogP contribution >= 0.6 is 0 Å². The van der Waals surface area contributed by atoms with Gasteiger partial charge in [-0.25, -0.2) is 36.3 Å². The third-order valence-electron chi connectivity index (χ3n) is 22.4. The number of hydrogen-bond donors (Lipinski definition) is 0. The van der Waals surface area contributed by atoms with Crippen LogP contribution in [0.2, 0.25) is 0 Å². The Morgan fingerprint density at radius 2 is 0.573 bits per heavy atom. The van der Waals surface area contributed by atoms with Gasteiger partial charge in [-0.15, -0.1) is 0 Å². The molecule has 0 radical (unpaired) electrons. The van der Waals surface area contributed by atoms with E-state index in [-0.39, 0.29) is 57.5 Å². The van der Waals surface area contributed by atoms with Crippen molar-refractivity contribution in [1.29, 1.82) is 0 Å². The lowest BCUT2D eigenvalue weighted by Gasteiger charge is -2.24. The summed E-state index contributed by atoms with van der Waals surface area (Å²) in [5.41, 5.74) is 13.7. The Labute approximate surface area is 836 Å². The molecule has 1 saturated carbocycles. The molecule has 0 spiro atoms. The van der Waals surface area contributed by atoms with Crippen LogP contribution in [0, 0.1) is 206 Å². The molecule has 756 valence electrons. The van der Waals surface area contributed by atoms with Gasteiger partial charge in [-0.2, -0.15) is 0 Å². The lowest BCUT2D eigenvalue weighted by Crippen LogP contribution is -2.27. The Bertz CT molecular complexity index is 6030. The molecule has 15 aromatic rings. The van der Waals surface area contributed by atoms with E-state index < -0.39 is 47.9 Å². The van der Waals surface area contributed by atoms with Gasteiger partial charge in [0.05, 0.1) is 43.9 Å². The molecule has 2 saturated heterocycles. The van der Waals surface area contributed by atoms with Crippen LogP contribution in [-0.4, -0.2) is 66.8 Å². The summed E-state index contributed by atoms with van der Waals surface area (Å²) in [4.78, 5) is 56.8. The number of non-ortho nitro benzene ring substituents is 5. The monoisotopic (exact) mass is 1960 g/mol. The van der Waals surface area contributed by atoms with Gasteiger partial charge in [-0.3, -0.25) is 50.6 Å². The Morgan fingerprint density at radius 1 is 0.266 bits per heavy atom. The molecule has 0 N–H and O–H groups in total. The van der Waals surface area contributed by atoms with E-state index in [0.717, 1.165) is 82.2 Å². The summed E-state index contributed by atoms with van der Waals surface area (Å²) in [6.07, 6.45) is 12.6. The molecule has 3 aliphatic rings. The van der Waals surface area contributed by atoms with Crippen LogP contribution in [0.25, 0.3) is 43.4 Å². The summed E-state index contributed by atoms with van der Waals surface area (Å²) in [5, 5.41) is 56.5. The zero-order valence-electron chi connectivity index (χ0n) is 85.3. The second kappa shape index (κ2) is 62.5. The first-order chi connectivity index (χ1) is 67.8. The molecule has 143 heavy (non-hydrogen) atoms. The number of nitro benzene ring substituents is 5. The SMILES string of the molecule is CC1CCC(C)CC1.CC1CCC(C)OC1.CC1COC(C)OC1.Cc1cc(F)c(C)c(F)c1.Cc1ccc(C)c(F)c1.Cc1ccc(C)cc1.Cc1ccc2c(F)c(C)c(F)cc2c1.Cc1ccc2c(F)c(C)ccc2c1.Cc1ccc2cc(C)ccc2c1.Cc1cnc(C)nc1.O=[N+]([O-])c1ccc(-c2ccc([N+](=O)[O-])cc2)cc1.O=[N+]([O-])c1ccccc1.O=[N+]([O-])c1ccccc1.O=[N+]([O-])c1ccccc1. The zero-order chi connectivity index (χ0) is 106. The zero-order valence-corrected chi connectivity index (χ0v) is 85.3. The number of nitrogens with zero attached hydrogens (tertiary/aromatic N) is 7. The van der Waals surface area contributed by atoms with Crippen LogP contribution in [0.4, 0.5) is 54.8 Å². The van der Waals surface area contributed by atoms with Gasteiger partial charge >= 0.3 is 0 Å². The summed E-state index contributed by atoms with van der Waals surface area (Å²) < 4.78 is 93.8. The fraction of sp³-hybridized carbons (Fsp3) is 0.299. The predicted molar refractivity (Wildman–Crippen MR) is 565 cm³/mol. The minimum absolute atomic E-state index is 0.0145. The molecular formula is C117H133F6N7O13. The summed E-state index contributed by atoms with van der Waals surface area (Å²) >= 11 is 0. The molecule has 0 amide bonds. The van der Waals surface area contributed by atoms with Gasteiger partial charge in [-0.05, 0) is 250 Å². The molecule has 18 rings (SSSR count). The topological polar surface area (TPSA) is 269 Å². The third kappa shape index (κ3) is 45.7. The van der Waals surface area contributed by atoms with Crippen molar-refractivity contribution >= 4 is 60.8 Å². The molecule has 1 aliphatic carbocycles. The summed E-state index contributed by atoms with van der Waals surface area (Å²) in [6.45, 7) is 42.0. The normalized spacial score (nSPS) is 14.9. The molecule has 2 aliphatic heterocycles. The Morgan fingerprint density at radius 3 is 0.916 bits per heavy atom. The van der Waals surface area contributed by atoms with Crippen molar-refractivity contribution in [2.75, 3.05) is 19.8 Å². The third-order valence-corrected chi connectivity index (χ3v) is 22.4. The van der Waals surface area contributed by atoms with Crippen molar-refractivity contribution in [3.8, 4) is 11.1 Å². The predicted octanol–water partition coefficient (Wildman–Crippen LogP) is 32.8. The fourth-order valence-corrected chi connectivity index (χ4v) is 13.5. The maximum Gasteiger partial charge on any atom is 0.269 e. The van der Waals surface area contributed by atoms with Gasteiger partial charge in [-0.1, -0.05) is 263 Å². The van der Waals surface area contributed by atoms with Crippen molar-refractivity contribution < 1.29 is 65.2 Å². The van der Waals surface area contributed by atoms with Crippen LogP contribution in [0.15, 0.2) is 298 Å². The van der Waals surface area contributed by atoms with Crippen LogP contribution < -0.4 is 0 Å². The minimum Gasteiger partial charge on any atom is -0.378 e. The number of nitro groups is 5. The number of aromatic nitrogens is 2. The fourth-order valence-electron chi connectivity index (χ4n) is 13.5. The van der Waals surface area contributed by atoms with Crippen molar-refractivity contribution in [2.45, 2.75) is 189 Å². The van der Waals surface area contributed by atoms with E-state index in [0.29, 0.717) is 44.9 Å². The van der Waals surface area contributed by atoms with Crippen LogP contribution in [0.5, 0.6) is 0 Å². The molecule has 2 atom stereocenters. The van der Waals surface area contributed by atoms with Crippen LogP contribution in [-0.2, 0) is 14.2 Å². The van der Waals surface area contributed by atoms with Crippen molar-refractivity contribution in [2.24, 2.45) is 23.7 Å². The van der Waals surface area contributed by atoms with Gasteiger partial charge in [0.1, 0.15) is 40.7 Å². The van der Waals surface area contributed by atoms with Crippen molar-refractivity contribution in [1.82, 2.24) is 9.97 Å². The van der Waals surface area contributed by atoms with Crippen molar-refractivity contribution in [3.05, 3.63) is 461 Å². The standard InChI is InChI=1S/C12H10F2.C12H11F.C12H8N2O4.C12H12.C8H8F2.C8H9F.C8H16.C8H10.C7H14O.C6H8N2.3C6H5NO2.C6H12O2/c1-7-3-4-10-9(5-7)6-11(13)8(2)12(10)14;1-8-3-6-11-10(7-8)5-4-9(2)12(11)13;15-13(16)11-5-1-9(2-6-11)10-3-7-12(8-4-10)14(17)18;1-9-3-5-12-8-10(2)4-6-11(12)7-9;1-5-3-7(9)6(2)8(10)4-5;1-6-3-4-7(2)8(9)5-6;2*1-7-3-5-8(2)6-4-7;1-6-3-4-7(2)8-5-6;1-5-3-7-6(2)8-4-5;3*8-7(9)6-4-2-1-3-5-6;1-5-3-7-6(2)8-4-5/h3-6H,1-2H3;3-7H,1-2H3;1-8H;3-8H,1-2H3;3-4H,1-2H3;3-5H,1-2H3;7-8H,3-6H2,1-2H3;3-6H,1-2H3;6-7H,3-5H2,1-2H3;3-4H,1-2H3;3*1-5H;5-6H,3-4H2,1-2H3. The molecule has 3 heterocycles. The highest BCUT2D eigenvalue weighted by Gasteiger charge is 2.18. The first-order valence-corrected chi connectivity index (χ1v) is 47.1. The van der Waals surface area contributed by atoms with Gasteiger partial charge in [0, 0.05) is 107 Å². The summed E-state index contributed by atoms with van der Waals surface area (Å²) in [5.74, 6) is 2.13. The number of hydrogen-bond acceptors (Lipinski definition) is 15. The first kappa shape index (κ1) is 119. The first-order valence-electron chi connectivity index (χ1n) is 47.1. The summed E-state index contributed by atoms with van der Waals surface area (Å²) in [6, 6.07) is 81.5. The molecule has 2 unspecified atom stereocenters. The Hall–Kier alpha value is -14.6. The molecule has 3 fully saturated rings. The minimum atomic E-state index is -0.486. The average Bonchev–Trinajstić information content (AvgIpc) is 0.798. The van der Waals surface area contributed by atoms with E-state index in [1.54, 1.807) is 118 Å². The van der Waals surface area contributed by atoms with E-state index in [4.69, 9.17) is 14.2 Å². The molecule has 14 aromatic carbocycles. The van der Waals surface area contributed by atoms with E-state index in [1.165, 1.54) is 170 Å². The van der Waals surface area contributed by atoms with E-state index in [2.05, 4.69) is 133 Å². The number of aryl methyl sites for hydroxylation is 12. The van der Waals surface area contributed by atoms with Crippen LogP contribution in [0.1, 0.15) is 158 Å². The second-order valence-corrected chi connectivity index (χ2v) is 35.8. The highest BCUT2D eigenvalue weighted by atomic mass is 19.2. The average molecular weight is 1960 g/mol. The molecule has 1 aromatic heterocycles. The maximum atomic E-state index is 13.6. The Balaban J connectivity index is 0.000000273. The molecular weight excluding hydrogens is 1830 g/mol. The Kier molecular flexibility index (Phi) is 52.0. The van der Waals surface area contributed by atoms with Crippen LogP contribution in [0.3, 0.4) is 0 Å². The highest BCUT2D eigenvalue weighted by Crippen LogP contribution is 2.30. The smallest absolute Gasteiger partial charge is 0.269 e. The molecule has 26 heteroatoms. The number of rotatable bonds is 6. The quantitative estimate of drug-likeness (QED) is 0.0850. The lowest BCUT2D eigenvalue weighted by molar-refractivity contribution is -0.385. The van der Waals surface area contributed by atoms with Gasteiger partial charge in [0.25, 0.3) is 28.4 Å². The largest absolute Gasteiger partial charge is 0.378 e. The maximum absolute atomic E-state index is 13.6. The number of ether oxygens (including phenoxy) is 3. The number of fused-ring (bicyclic) bond motifs is 3. The molecule has 20 nitrogen and oxygen atoms in total. The highest BCUT2D eigenvalue weighted by molar-refractivity contribution is 5.86. The lowest BCUT2D eigenvalue weighted by atomic mass is 9.84. The van der Waals surface area contributed by atoms with Crippen molar-refractivity contribution in [3.63, 3.8) is 0 Å². The van der Waals surface area contributed by atoms with E-state index in [1.807, 2.05) is 96.4 Å².